The summed E-state index contributed by atoms with van der Waals surface area (Å²) >= 11 is 0. The van der Waals surface area contributed by atoms with Gasteiger partial charge in [0.25, 0.3) is 0 Å². The van der Waals surface area contributed by atoms with Gasteiger partial charge in [-0.3, -0.25) is 0 Å². The third-order valence-corrected chi connectivity index (χ3v) is 3.69. The molecule has 114 valence electrons. The number of hydrogen-bond acceptors (Lipinski definition) is 5. The zero-order chi connectivity index (χ0) is 15.2. The summed E-state index contributed by atoms with van der Waals surface area (Å²) in [7, 11) is 4.71. The van der Waals surface area contributed by atoms with Gasteiger partial charge in [-0.2, -0.15) is 5.26 Å². The van der Waals surface area contributed by atoms with Crippen LogP contribution in [0.2, 0.25) is 0 Å². The van der Waals surface area contributed by atoms with Gasteiger partial charge in [0.15, 0.2) is 11.5 Å². The molecule has 0 amide bonds. The summed E-state index contributed by atoms with van der Waals surface area (Å²) in [6.45, 7) is 2.99. The van der Waals surface area contributed by atoms with E-state index >= 15 is 0 Å². The molecule has 0 saturated carbocycles. The minimum absolute atomic E-state index is 0.275. The Morgan fingerprint density at radius 1 is 1.10 bits per heavy atom. The van der Waals surface area contributed by atoms with Crippen molar-refractivity contribution in [1.82, 2.24) is 0 Å². The van der Waals surface area contributed by atoms with E-state index in [1.165, 1.54) is 4.90 Å². The summed E-state index contributed by atoms with van der Waals surface area (Å²) in [6.07, 6.45) is 0. The van der Waals surface area contributed by atoms with E-state index in [0.717, 1.165) is 18.7 Å². The Balaban J connectivity index is 2.39. The molecule has 1 atom stereocenters. The van der Waals surface area contributed by atoms with Crippen LogP contribution in [0.15, 0.2) is 12.1 Å². The fourth-order valence-electron chi connectivity index (χ4n) is 2.59. The van der Waals surface area contributed by atoms with Crippen LogP contribution >= 0.6 is 0 Å². The minimum Gasteiger partial charge on any atom is -0.493 e. The molecule has 1 heterocycles. The molecule has 1 saturated heterocycles. The van der Waals surface area contributed by atoms with E-state index in [1.807, 2.05) is 12.1 Å². The second kappa shape index (κ2) is 7.16. The van der Waals surface area contributed by atoms with Crippen molar-refractivity contribution in [2.75, 3.05) is 47.6 Å². The first-order valence-corrected chi connectivity index (χ1v) is 6.87. The maximum absolute atomic E-state index is 9.56. The standard InChI is InChI=1S/C15H20N2O4/c1-18-13-8-11(9-14(19-2)15(13)20-3)12(10-16)17-4-6-21-7-5-17/h8-9,12H,4-7H2,1-3H3/p+1/t12-/m1/s1. The van der Waals surface area contributed by atoms with Crippen LogP contribution in [0.5, 0.6) is 17.2 Å². The SMILES string of the molecule is COc1cc([C@@H](C#N)[NH+]2CCOCC2)cc(OC)c1OC. The maximum Gasteiger partial charge on any atom is 0.203 e. The van der Waals surface area contributed by atoms with Crippen molar-refractivity contribution < 1.29 is 23.8 Å². The Labute approximate surface area is 124 Å². The van der Waals surface area contributed by atoms with Gasteiger partial charge in [-0.05, 0) is 12.1 Å². The number of nitrogens with zero attached hydrogens (tertiary/aromatic N) is 1. The Hall–Kier alpha value is -1.97. The average molecular weight is 293 g/mol. The summed E-state index contributed by atoms with van der Waals surface area (Å²) in [4.78, 5) is 1.19. The molecule has 2 rings (SSSR count). The van der Waals surface area contributed by atoms with Crippen molar-refractivity contribution in [3.8, 4) is 23.3 Å². The quantitative estimate of drug-likeness (QED) is 0.840. The van der Waals surface area contributed by atoms with E-state index in [-0.39, 0.29) is 6.04 Å². The Morgan fingerprint density at radius 3 is 2.10 bits per heavy atom. The zero-order valence-corrected chi connectivity index (χ0v) is 12.6. The van der Waals surface area contributed by atoms with E-state index in [2.05, 4.69) is 6.07 Å². The Kier molecular flexibility index (Phi) is 5.26. The van der Waals surface area contributed by atoms with Crippen LogP contribution in [0.25, 0.3) is 0 Å². The lowest BCUT2D eigenvalue weighted by Crippen LogP contribution is -3.14. The molecule has 1 aromatic rings. The molecule has 1 N–H and O–H groups in total. The molecule has 0 spiro atoms. The highest BCUT2D eigenvalue weighted by Crippen LogP contribution is 2.39. The van der Waals surface area contributed by atoms with E-state index in [9.17, 15) is 5.26 Å². The lowest BCUT2D eigenvalue weighted by Gasteiger charge is -2.28. The van der Waals surface area contributed by atoms with E-state index in [0.29, 0.717) is 30.5 Å². The van der Waals surface area contributed by atoms with Gasteiger partial charge in [-0.1, -0.05) is 0 Å². The van der Waals surface area contributed by atoms with Gasteiger partial charge >= 0.3 is 0 Å². The molecule has 0 aromatic heterocycles. The van der Waals surface area contributed by atoms with Crippen molar-refractivity contribution in [2.24, 2.45) is 0 Å². The van der Waals surface area contributed by atoms with Crippen LogP contribution in [0, 0.1) is 11.3 Å². The maximum atomic E-state index is 9.56. The molecular formula is C15H21N2O4+. The number of ether oxygens (including phenoxy) is 4. The topological polar surface area (TPSA) is 65.2 Å². The van der Waals surface area contributed by atoms with Gasteiger partial charge in [0.1, 0.15) is 19.2 Å². The number of hydrogen-bond donors (Lipinski definition) is 1. The Morgan fingerprint density at radius 2 is 1.67 bits per heavy atom. The van der Waals surface area contributed by atoms with Crippen LogP contribution in [-0.2, 0) is 4.74 Å². The minimum atomic E-state index is -0.275. The third-order valence-electron chi connectivity index (χ3n) is 3.69. The molecule has 0 bridgehead atoms. The van der Waals surface area contributed by atoms with Crippen molar-refractivity contribution in [1.29, 1.82) is 5.26 Å². The van der Waals surface area contributed by atoms with Crippen LogP contribution in [-0.4, -0.2) is 47.6 Å². The number of methoxy groups -OCH3 is 3. The number of morpholine rings is 1. The van der Waals surface area contributed by atoms with Crippen LogP contribution in [0.3, 0.4) is 0 Å². The van der Waals surface area contributed by atoms with Gasteiger partial charge in [0.05, 0.1) is 34.5 Å². The highest BCUT2D eigenvalue weighted by molar-refractivity contribution is 5.54. The van der Waals surface area contributed by atoms with Crippen molar-refractivity contribution in [3.63, 3.8) is 0 Å². The molecule has 0 aliphatic carbocycles. The third kappa shape index (κ3) is 3.20. The number of nitrogens with one attached hydrogen (secondary N) is 1. The van der Waals surface area contributed by atoms with E-state index < -0.39 is 0 Å². The predicted molar refractivity (Wildman–Crippen MR) is 76.0 cm³/mol. The zero-order valence-electron chi connectivity index (χ0n) is 12.6. The summed E-state index contributed by atoms with van der Waals surface area (Å²) in [5, 5.41) is 9.56. The summed E-state index contributed by atoms with van der Waals surface area (Å²) in [5.74, 6) is 1.68. The average Bonchev–Trinajstić information content (AvgIpc) is 2.55. The molecule has 1 aromatic carbocycles. The van der Waals surface area contributed by atoms with E-state index in [1.54, 1.807) is 21.3 Å². The summed E-state index contributed by atoms with van der Waals surface area (Å²) in [5.41, 5.74) is 0.865. The fourth-order valence-corrected chi connectivity index (χ4v) is 2.59. The first-order valence-electron chi connectivity index (χ1n) is 6.87. The molecule has 0 unspecified atom stereocenters. The van der Waals surface area contributed by atoms with Crippen LogP contribution < -0.4 is 19.1 Å². The molecule has 6 heteroatoms. The second-order valence-corrected chi connectivity index (χ2v) is 4.79. The van der Waals surface area contributed by atoms with Gasteiger partial charge in [0.2, 0.25) is 11.8 Å². The number of quaternary nitrogens is 1. The molecule has 21 heavy (non-hydrogen) atoms. The number of nitriles is 1. The highest BCUT2D eigenvalue weighted by Gasteiger charge is 2.28. The largest absolute Gasteiger partial charge is 0.493 e. The fraction of sp³-hybridized carbons (Fsp3) is 0.533. The summed E-state index contributed by atoms with van der Waals surface area (Å²) < 4.78 is 21.4. The van der Waals surface area contributed by atoms with Gasteiger partial charge in [0, 0.05) is 5.56 Å². The van der Waals surface area contributed by atoms with Crippen molar-refractivity contribution in [2.45, 2.75) is 6.04 Å². The number of rotatable bonds is 5. The van der Waals surface area contributed by atoms with Crippen molar-refractivity contribution >= 4 is 0 Å². The second-order valence-electron chi connectivity index (χ2n) is 4.79. The van der Waals surface area contributed by atoms with Crippen LogP contribution in [0.4, 0.5) is 0 Å². The normalized spacial score (nSPS) is 16.9. The molecule has 6 nitrogen and oxygen atoms in total. The summed E-state index contributed by atoms with van der Waals surface area (Å²) in [6, 6.07) is 5.80. The molecule has 1 aliphatic rings. The van der Waals surface area contributed by atoms with Gasteiger partial charge in [-0.15, -0.1) is 0 Å². The monoisotopic (exact) mass is 293 g/mol. The van der Waals surface area contributed by atoms with E-state index in [4.69, 9.17) is 18.9 Å². The lowest BCUT2D eigenvalue weighted by molar-refractivity contribution is -0.930. The first kappa shape index (κ1) is 15.4. The lowest BCUT2D eigenvalue weighted by atomic mass is 10.0. The van der Waals surface area contributed by atoms with Gasteiger partial charge < -0.3 is 23.8 Å². The van der Waals surface area contributed by atoms with Gasteiger partial charge in [-0.25, -0.2) is 0 Å². The number of benzene rings is 1. The highest BCUT2D eigenvalue weighted by atomic mass is 16.5. The smallest absolute Gasteiger partial charge is 0.203 e. The van der Waals surface area contributed by atoms with Crippen molar-refractivity contribution in [3.05, 3.63) is 17.7 Å². The molecule has 1 fully saturated rings. The molecular weight excluding hydrogens is 272 g/mol. The first-order chi connectivity index (χ1) is 10.2. The molecule has 1 aliphatic heterocycles. The predicted octanol–water partition coefficient (Wildman–Crippen LogP) is 0.192. The molecule has 0 radical (unpaired) electrons. The van der Waals surface area contributed by atoms with Crippen LogP contribution in [0.1, 0.15) is 11.6 Å². The Bertz CT molecular complexity index is 496.